The van der Waals surface area contributed by atoms with Gasteiger partial charge in [-0.2, -0.15) is 18.4 Å². The van der Waals surface area contributed by atoms with Gasteiger partial charge in [0.2, 0.25) is 0 Å². The molecule has 0 amide bonds. The van der Waals surface area contributed by atoms with Crippen LogP contribution in [0.2, 0.25) is 0 Å². The molecule has 0 saturated carbocycles. The van der Waals surface area contributed by atoms with Crippen molar-refractivity contribution in [1.29, 1.82) is 5.26 Å². The molecule has 0 spiro atoms. The number of alkyl halides is 3. The van der Waals surface area contributed by atoms with Crippen LogP contribution in [0.5, 0.6) is 0 Å². The molecule has 0 bridgehead atoms. The van der Waals surface area contributed by atoms with Gasteiger partial charge in [0.15, 0.2) is 4.88 Å². The van der Waals surface area contributed by atoms with E-state index in [1.54, 1.807) is 0 Å². The number of halogens is 3. The summed E-state index contributed by atoms with van der Waals surface area (Å²) >= 11 is 0.288. The third-order valence-electron chi connectivity index (χ3n) is 2.66. The highest BCUT2D eigenvalue weighted by molar-refractivity contribution is 7.06. The number of rotatable bonds is 1. The van der Waals surface area contributed by atoms with Crippen LogP contribution >= 0.6 is 11.5 Å². The minimum Gasteiger partial charge on any atom is -0.345 e. The van der Waals surface area contributed by atoms with E-state index >= 15 is 0 Å². The molecule has 0 aromatic carbocycles. The fourth-order valence-corrected chi connectivity index (χ4v) is 2.36. The molecule has 0 unspecified atom stereocenters. The van der Waals surface area contributed by atoms with Crippen molar-refractivity contribution in [2.45, 2.75) is 6.18 Å². The van der Waals surface area contributed by atoms with Gasteiger partial charge in [-0.25, -0.2) is 4.98 Å². The number of hydrogen-bond donors (Lipinski definition) is 1. The monoisotopic (exact) mass is 295 g/mol. The van der Waals surface area contributed by atoms with E-state index in [1.165, 1.54) is 18.5 Å². The lowest BCUT2D eigenvalue weighted by molar-refractivity contribution is -0.134. The fourth-order valence-electron chi connectivity index (χ4n) is 1.81. The van der Waals surface area contributed by atoms with Crippen molar-refractivity contribution in [1.82, 2.24) is 19.6 Å². The lowest BCUT2D eigenvalue weighted by Crippen LogP contribution is -2.03. The van der Waals surface area contributed by atoms with Crippen LogP contribution in [0.15, 0.2) is 18.5 Å². The van der Waals surface area contributed by atoms with Gasteiger partial charge in [0, 0.05) is 23.3 Å². The summed E-state index contributed by atoms with van der Waals surface area (Å²) in [5.74, 6) is 0. The predicted octanol–water partition coefficient (Wildman–Crippen LogP) is 2.97. The van der Waals surface area contributed by atoms with Crippen LogP contribution in [-0.2, 0) is 6.18 Å². The quantitative estimate of drug-likeness (QED) is 0.748. The van der Waals surface area contributed by atoms with E-state index in [-0.39, 0.29) is 28.4 Å². The number of aromatic nitrogens is 4. The third-order valence-corrected chi connectivity index (χ3v) is 3.43. The molecule has 20 heavy (non-hydrogen) atoms. The topological polar surface area (TPSA) is 78.2 Å². The second-order valence-electron chi connectivity index (χ2n) is 3.88. The first-order valence-electron chi connectivity index (χ1n) is 5.28. The van der Waals surface area contributed by atoms with Gasteiger partial charge in [0.25, 0.3) is 0 Å². The number of nitrogens with zero attached hydrogens (tertiary/aromatic N) is 4. The summed E-state index contributed by atoms with van der Waals surface area (Å²) in [4.78, 5) is 5.85. The minimum atomic E-state index is -4.52. The number of nitrogens with one attached hydrogen (secondary N) is 1. The van der Waals surface area contributed by atoms with E-state index in [2.05, 4.69) is 19.6 Å². The van der Waals surface area contributed by atoms with E-state index < -0.39 is 11.1 Å². The first kappa shape index (κ1) is 12.6. The zero-order chi connectivity index (χ0) is 14.3. The van der Waals surface area contributed by atoms with Gasteiger partial charge in [-0.15, -0.1) is 5.10 Å². The molecule has 0 radical (unpaired) electrons. The Morgan fingerprint density at radius 3 is 2.85 bits per heavy atom. The average Bonchev–Trinajstić information content (AvgIpc) is 3.02. The number of fused-ring (bicyclic) bond motifs is 1. The standard InChI is InChI=1S/C11H4F3N5S/c12-11(13,14)9-8(18-19-20-9)7-4-17-10-6(7)1-5(2-15)3-16-10/h1,3-4H,(H,16,17). The lowest BCUT2D eigenvalue weighted by Gasteiger charge is -2.04. The maximum atomic E-state index is 12.9. The highest BCUT2D eigenvalue weighted by Gasteiger charge is 2.38. The maximum Gasteiger partial charge on any atom is 0.429 e. The smallest absolute Gasteiger partial charge is 0.345 e. The van der Waals surface area contributed by atoms with Gasteiger partial charge in [-0.3, -0.25) is 0 Å². The molecule has 0 fully saturated rings. The Morgan fingerprint density at radius 1 is 1.35 bits per heavy atom. The van der Waals surface area contributed by atoms with Gasteiger partial charge in [0.1, 0.15) is 17.4 Å². The fraction of sp³-hybridized carbons (Fsp3) is 0.0909. The van der Waals surface area contributed by atoms with Crippen LogP contribution in [-0.4, -0.2) is 19.6 Å². The average molecular weight is 295 g/mol. The molecule has 3 aromatic rings. The van der Waals surface area contributed by atoms with E-state index in [9.17, 15) is 13.2 Å². The number of hydrogen-bond acceptors (Lipinski definition) is 5. The molecule has 5 nitrogen and oxygen atoms in total. The molecule has 3 rings (SSSR count). The molecule has 0 saturated heterocycles. The Bertz CT molecular complexity index is 827. The Kier molecular flexibility index (Phi) is 2.69. The van der Waals surface area contributed by atoms with Crippen molar-refractivity contribution >= 4 is 22.6 Å². The van der Waals surface area contributed by atoms with Crippen molar-refractivity contribution in [3.05, 3.63) is 28.9 Å². The molecular formula is C11H4F3N5S. The second-order valence-corrected chi connectivity index (χ2v) is 4.64. The van der Waals surface area contributed by atoms with Crippen LogP contribution in [0, 0.1) is 11.3 Å². The zero-order valence-corrected chi connectivity index (χ0v) is 10.4. The van der Waals surface area contributed by atoms with Crippen molar-refractivity contribution in [2.24, 2.45) is 0 Å². The highest BCUT2D eigenvalue weighted by atomic mass is 32.1. The number of aromatic amines is 1. The summed E-state index contributed by atoms with van der Waals surface area (Å²) in [6.07, 6.45) is -1.80. The Balaban J connectivity index is 2.26. The number of nitriles is 1. The summed E-state index contributed by atoms with van der Waals surface area (Å²) in [6, 6.07) is 3.36. The lowest BCUT2D eigenvalue weighted by atomic mass is 10.1. The van der Waals surface area contributed by atoms with Crippen molar-refractivity contribution < 1.29 is 13.2 Å². The van der Waals surface area contributed by atoms with Crippen LogP contribution < -0.4 is 0 Å². The number of pyridine rings is 1. The van der Waals surface area contributed by atoms with Crippen LogP contribution in [0.1, 0.15) is 10.4 Å². The van der Waals surface area contributed by atoms with Crippen molar-refractivity contribution in [3.63, 3.8) is 0 Å². The van der Waals surface area contributed by atoms with Crippen LogP contribution in [0.4, 0.5) is 13.2 Å². The third kappa shape index (κ3) is 1.90. The van der Waals surface area contributed by atoms with Gasteiger partial charge in [0.05, 0.1) is 5.56 Å². The molecule has 100 valence electrons. The molecule has 0 aliphatic rings. The van der Waals surface area contributed by atoms with E-state index in [1.807, 2.05) is 6.07 Å². The number of H-pyrrole nitrogens is 1. The highest BCUT2D eigenvalue weighted by Crippen LogP contribution is 2.40. The molecule has 3 heterocycles. The molecule has 9 heteroatoms. The summed E-state index contributed by atoms with van der Waals surface area (Å²) in [7, 11) is 0. The van der Waals surface area contributed by atoms with Crippen LogP contribution in [0.3, 0.4) is 0 Å². The predicted molar refractivity (Wildman–Crippen MR) is 64.7 cm³/mol. The molecule has 0 aliphatic carbocycles. The second kappa shape index (κ2) is 4.28. The summed E-state index contributed by atoms with van der Waals surface area (Å²) in [5, 5.41) is 12.8. The SMILES string of the molecule is N#Cc1cnc2[nH]cc(-c3nnsc3C(F)(F)F)c2c1. The first-order valence-corrected chi connectivity index (χ1v) is 6.05. The molecule has 3 aromatic heterocycles. The van der Waals surface area contributed by atoms with Crippen LogP contribution in [0.25, 0.3) is 22.3 Å². The molecule has 0 aliphatic heterocycles. The first-order chi connectivity index (χ1) is 9.50. The maximum absolute atomic E-state index is 12.9. The Labute approximate surface area is 113 Å². The molecular weight excluding hydrogens is 291 g/mol. The van der Waals surface area contributed by atoms with Crippen molar-refractivity contribution in [3.8, 4) is 17.3 Å². The van der Waals surface area contributed by atoms with E-state index in [0.29, 0.717) is 11.0 Å². The summed E-state index contributed by atoms with van der Waals surface area (Å²) in [5.41, 5.74) is 0.617. The molecule has 1 N–H and O–H groups in total. The Hall–Kier alpha value is -2.47. The van der Waals surface area contributed by atoms with Gasteiger partial charge < -0.3 is 4.98 Å². The van der Waals surface area contributed by atoms with Gasteiger partial charge in [-0.05, 0) is 17.6 Å². The normalized spacial score (nSPS) is 11.7. The van der Waals surface area contributed by atoms with Crippen molar-refractivity contribution in [2.75, 3.05) is 0 Å². The summed E-state index contributed by atoms with van der Waals surface area (Å²) in [6.45, 7) is 0. The van der Waals surface area contributed by atoms with E-state index in [0.717, 1.165) is 0 Å². The van der Waals surface area contributed by atoms with E-state index in [4.69, 9.17) is 5.26 Å². The van der Waals surface area contributed by atoms with Gasteiger partial charge >= 0.3 is 6.18 Å². The Morgan fingerprint density at radius 2 is 2.15 bits per heavy atom. The molecule has 0 atom stereocenters. The van der Waals surface area contributed by atoms with Gasteiger partial charge in [-0.1, -0.05) is 4.49 Å². The largest absolute Gasteiger partial charge is 0.429 e. The summed E-state index contributed by atoms with van der Waals surface area (Å²) < 4.78 is 42.0. The minimum absolute atomic E-state index is 0.227. The zero-order valence-electron chi connectivity index (χ0n) is 9.56.